The van der Waals surface area contributed by atoms with E-state index in [2.05, 4.69) is 0 Å². The minimum absolute atomic E-state index is 0.235. The van der Waals surface area contributed by atoms with E-state index in [0.29, 0.717) is 0 Å². The molecule has 146 valence electrons. The first kappa shape index (κ1) is 20.4. The minimum atomic E-state index is -5.16. The van der Waals surface area contributed by atoms with Crippen LogP contribution in [0.3, 0.4) is 0 Å². The lowest BCUT2D eigenvalue weighted by molar-refractivity contribution is 0.467. The molecule has 3 rings (SSSR count). The molecule has 0 atom stereocenters. The highest BCUT2D eigenvalue weighted by molar-refractivity contribution is 7.91. The Morgan fingerprint density at radius 2 is 1.07 bits per heavy atom. The molecule has 7 nitrogen and oxygen atoms in total. The van der Waals surface area contributed by atoms with Gasteiger partial charge in [-0.1, -0.05) is 66.7 Å². The monoisotopic (exact) mass is 438 g/mol. The lowest BCUT2D eigenvalue weighted by atomic mass is 10.3. The van der Waals surface area contributed by atoms with Gasteiger partial charge in [0.25, 0.3) is 20.2 Å². The van der Waals surface area contributed by atoms with Crippen molar-refractivity contribution in [2.45, 2.75) is 9.79 Å². The van der Waals surface area contributed by atoms with E-state index >= 15 is 0 Å². The van der Waals surface area contributed by atoms with Crippen LogP contribution in [0.4, 0.5) is 0 Å². The van der Waals surface area contributed by atoms with Crippen molar-refractivity contribution in [2.75, 3.05) is 0 Å². The highest BCUT2D eigenvalue weighted by Gasteiger charge is 2.38. The SMILES string of the molecule is O=P(c1ccccc1)(c1ccccc1)c1cccc(S(=O)(=O)O)c1S(=O)(=O)O. The lowest BCUT2D eigenvalue weighted by Crippen LogP contribution is -2.30. The predicted octanol–water partition coefficient (Wildman–Crippen LogP) is 1.82. The average Bonchev–Trinajstić information content (AvgIpc) is 2.67. The minimum Gasteiger partial charge on any atom is -0.309 e. The normalized spacial score (nSPS) is 12.6. The maximum Gasteiger partial charge on any atom is 0.296 e. The van der Waals surface area contributed by atoms with Gasteiger partial charge in [0.15, 0.2) is 7.14 Å². The second kappa shape index (κ2) is 7.27. The fraction of sp³-hybridized carbons (Fsp3) is 0. The first-order valence-corrected chi connectivity index (χ1v) is 12.4. The lowest BCUT2D eigenvalue weighted by Gasteiger charge is -2.22. The standard InChI is InChI=1S/C18H15O7PS2/c19-26(14-8-3-1-4-9-14,15-10-5-2-6-11-15)16-12-7-13-17(27(20,21)22)18(16)28(23,24)25/h1-13H,(H,20,21,22)(H,23,24,25). The molecule has 0 aromatic heterocycles. The summed E-state index contributed by atoms with van der Waals surface area (Å²) >= 11 is 0. The molecule has 0 saturated carbocycles. The Morgan fingerprint density at radius 1 is 0.607 bits per heavy atom. The van der Waals surface area contributed by atoms with E-state index in [1.807, 2.05) is 0 Å². The van der Waals surface area contributed by atoms with Gasteiger partial charge in [0.05, 0.1) is 0 Å². The van der Waals surface area contributed by atoms with Gasteiger partial charge in [-0.05, 0) is 12.1 Å². The van der Waals surface area contributed by atoms with Crippen LogP contribution in [0.1, 0.15) is 0 Å². The number of hydrogen-bond acceptors (Lipinski definition) is 5. The third-order valence-corrected chi connectivity index (χ3v) is 9.31. The Bertz CT molecular complexity index is 1230. The van der Waals surface area contributed by atoms with Crippen molar-refractivity contribution in [3.05, 3.63) is 78.9 Å². The highest BCUT2D eigenvalue weighted by Crippen LogP contribution is 2.45. The van der Waals surface area contributed by atoms with Gasteiger partial charge in [0, 0.05) is 15.9 Å². The molecule has 0 aliphatic heterocycles. The molecule has 0 amide bonds. The quantitative estimate of drug-likeness (QED) is 0.460. The molecule has 10 heteroatoms. The van der Waals surface area contributed by atoms with Gasteiger partial charge in [-0.3, -0.25) is 9.11 Å². The predicted molar refractivity (Wildman–Crippen MR) is 105 cm³/mol. The maximum absolute atomic E-state index is 14.3. The van der Waals surface area contributed by atoms with E-state index in [4.69, 9.17) is 0 Å². The molecule has 0 unspecified atom stereocenters. The van der Waals surface area contributed by atoms with Crippen LogP contribution in [0.15, 0.2) is 88.7 Å². The molecule has 0 aliphatic carbocycles. The second-order valence-electron chi connectivity index (χ2n) is 5.83. The first-order chi connectivity index (χ1) is 13.1. The molecule has 0 saturated heterocycles. The summed E-state index contributed by atoms with van der Waals surface area (Å²) in [5, 5.41) is 0.0553. The zero-order chi connectivity index (χ0) is 20.6. The van der Waals surface area contributed by atoms with Crippen LogP contribution in [0, 0.1) is 0 Å². The number of benzene rings is 3. The van der Waals surface area contributed by atoms with E-state index in [0.717, 1.165) is 12.1 Å². The van der Waals surface area contributed by atoms with Crippen molar-refractivity contribution < 1.29 is 30.5 Å². The van der Waals surface area contributed by atoms with Crippen molar-refractivity contribution in [1.82, 2.24) is 0 Å². The van der Waals surface area contributed by atoms with Gasteiger partial charge in [-0.25, -0.2) is 0 Å². The molecule has 0 aliphatic rings. The summed E-state index contributed by atoms with van der Waals surface area (Å²) in [7, 11) is -14.1. The van der Waals surface area contributed by atoms with Gasteiger partial charge in [-0.15, -0.1) is 0 Å². The molecule has 28 heavy (non-hydrogen) atoms. The second-order valence-corrected chi connectivity index (χ2v) is 11.3. The Kier molecular flexibility index (Phi) is 5.31. The Hall–Kier alpha value is -2.29. The molecule has 0 fully saturated rings. The van der Waals surface area contributed by atoms with E-state index in [-0.39, 0.29) is 10.6 Å². The fourth-order valence-electron chi connectivity index (χ4n) is 2.92. The zero-order valence-corrected chi connectivity index (χ0v) is 16.7. The van der Waals surface area contributed by atoms with Crippen molar-refractivity contribution in [1.29, 1.82) is 0 Å². The number of hydrogen-bond donors (Lipinski definition) is 2. The van der Waals surface area contributed by atoms with E-state index in [9.17, 15) is 30.5 Å². The third kappa shape index (κ3) is 3.67. The summed E-state index contributed by atoms with van der Waals surface area (Å²) < 4.78 is 81.2. The summed E-state index contributed by atoms with van der Waals surface area (Å²) in [6, 6.07) is 19.0. The smallest absolute Gasteiger partial charge is 0.296 e. The molecule has 3 aromatic rings. The van der Waals surface area contributed by atoms with Crippen LogP contribution in [-0.4, -0.2) is 25.9 Å². The van der Waals surface area contributed by atoms with Gasteiger partial charge < -0.3 is 4.57 Å². The summed E-state index contributed by atoms with van der Waals surface area (Å²) in [4.78, 5) is -2.15. The molecule has 3 aromatic carbocycles. The van der Waals surface area contributed by atoms with Gasteiger partial charge in [-0.2, -0.15) is 16.8 Å². The Balaban J connectivity index is 2.53. The van der Waals surface area contributed by atoms with Gasteiger partial charge in [0.2, 0.25) is 0 Å². The molecule has 2 N–H and O–H groups in total. The van der Waals surface area contributed by atoms with E-state index in [1.165, 1.54) is 30.3 Å². The van der Waals surface area contributed by atoms with Crippen LogP contribution < -0.4 is 15.9 Å². The van der Waals surface area contributed by atoms with Gasteiger partial charge in [0.1, 0.15) is 9.79 Å². The summed E-state index contributed by atoms with van der Waals surface area (Å²) in [5.41, 5.74) is 0. The largest absolute Gasteiger partial charge is 0.309 e. The van der Waals surface area contributed by atoms with Crippen LogP contribution in [-0.2, 0) is 24.8 Å². The maximum atomic E-state index is 14.3. The Labute approximate surface area is 162 Å². The Morgan fingerprint density at radius 3 is 1.46 bits per heavy atom. The van der Waals surface area contributed by atoms with Crippen molar-refractivity contribution in [3.63, 3.8) is 0 Å². The van der Waals surface area contributed by atoms with Crippen LogP contribution >= 0.6 is 7.14 Å². The van der Waals surface area contributed by atoms with Crippen LogP contribution in [0.2, 0.25) is 0 Å². The van der Waals surface area contributed by atoms with Crippen molar-refractivity contribution in [3.8, 4) is 0 Å². The zero-order valence-electron chi connectivity index (χ0n) is 14.2. The first-order valence-electron chi connectivity index (χ1n) is 7.86. The third-order valence-electron chi connectivity index (χ3n) is 4.07. The van der Waals surface area contributed by atoms with Crippen molar-refractivity contribution in [2.24, 2.45) is 0 Å². The van der Waals surface area contributed by atoms with Gasteiger partial charge >= 0.3 is 0 Å². The summed E-state index contributed by atoms with van der Waals surface area (Å²) in [6.45, 7) is 0. The van der Waals surface area contributed by atoms with Crippen molar-refractivity contribution >= 4 is 43.3 Å². The summed E-state index contributed by atoms with van der Waals surface area (Å²) in [5.74, 6) is 0. The average molecular weight is 438 g/mol. The molecule has 0 heterocycles. The van der Waals surface area contributed by atoms with E-state index < -0.39 is 42.5 Å². The molecule has 0 bridgehead atoms. The molecular weight excluding hydrogens is 423 g/mol. The summed E-state index contributed by atoms with van der Waals surface area (Å²) in [6.07, 6.45) is 0. The molecule has 0 spiro atoms. The van der Waals surface area contributed by atoms with Crippen LogP contribution in [0.25, 0.3) is 0 Å². The fourth-order valence-corrected chi connectivity index (χ4v) is 8.35. The molecular formula is C18H15O7PS2. The molecule has 0 radical (unpaired) electrons. The number of rotatable bonds is 5. The topological polar surface area (TPSA) is 126 Å². The highest BCUT2D eigenvalue weighted by atomic mass is 32.2. The van der Waals surface area contributed by atoms with Crippen LogP contribution in [0.5, 0.6) is 0 Å². The van der Waals surface area contributed by atoms with E-state index in [1.54, 1.807) is 36.4 Å².